The molecule has 0 fully saturated rings. The van der Waals surface area contributed by atoms with Crippen LogP contribution in [0.5, 0.6) is 5.75 Å². The molecule has 0 aliphatic heterocycles. The first-order valence-electron chi connectivity index (χ1n) is 4.14. The second-order valence-corrected chi connectivity index (χ2v) is 2.67. The summed E-state index contributed by atoms with van der Waals surface area (Å²) >= 11 is 0. The van der Waals surface area contributed by atoms with E-state index in [0.29, 0.717) is 30.0 Å². The van der Waals surface area contributed by atoms with Crippen molar-refractivity contribution in [1.29, 1.82) is 5.26 Å². The van der Waals surface area contributed by atoms with Crippen molar-refractivity contribution in [3.8, 4) is 24.2 Å². The van der Waals surface area contributed by atoms with Crippen LogP contribution >= 0.6 is 0 Å². The van der Waals surface area contributed by atoms with Crippen LogP contribution in [0.3, 0.4) is 0 Å². The molecule has 3 nitrogen and oxygen atoms in total. The summed E-state index contributed by atoms with van der Waals surface area (Å²) in [6, 6.07) is 6.89. The highest BCUT2D eigenvalue weighted by Gasteiger charge is 2.00. The summed E-state index contributed by atoms with van der Waals surface area (Å²) in [4.78, 5) is 0. The fourth-order valence-electron chi connectivity index (χ4n) is 0.969. The molecule has 0 unspecified atom stereocenters. The molecule has 0 spiro atoms. The Balaban J connectivity index is 2.71. The number of nitrogens with zero attached hydrogens (tertiary/aromatic N) is 1. The van der Waals surface area contributed by atoms with Gasteiger partial charge >= 0.3 is 0 Å². The standard InChI is InChI=1S/C11H10N2O/c1-2-3-6-14-11-5-4-9(8-12)7-10(11)13/h1,4-5,7H,3,6,13H2. The molecular formula is C11H10N2O. The maximum atomic E-state index is 8.59. The Bertz CT molecular complexity index is 399. The van der Waals surface area contributed by atoms with Gasteiger partial charge in [0.05, 0.1) is 23.9 Å². The first-order chi connectivity index (χ1) is 6.77. The molecule has 0 heterocycles. The SMILES string of the molecule is C#CCCOc1ccc(C#N)cc1N. The number of rotatable bonds is 3. The monoisotopic (exact) mass is 186 g/mol. The van der Waals surface area contributed by atoms with Crippen molar-refractivity contribution >= 4 is 5.69 Å². The largest absolute Gasteiger partial charge is 0.490 e. The zero-order valence-corrected chi connectivity index (χ0v) is 7.66. The molecule has 0 bridgehead atoms. The number of ether oxygens (including phenoxy) is 1. The van der Waals surface area contributed by atoms with Crippen molar-refractivity contribution in [2.75, 3.05) is 12.3 Å². The topological polar surface area (TPSA) is 59.0 Å². The third-order valence-corrected chi connectivity index (χ3v) is 1.64. The second-order valence-electron chi connectivity index (χ2n) is 2.67. The Kier molecular flexibility index (Phi) is 3.41. The molecule has 0 saturated heterocycles. The highest BCUT2D eigenvalue weighted by atomic mass is 16.5. The molecule has 70 valence electrons. The minimum Gasteiger partial charge on any atom is -0.490 e. The lowest BCUT2D eigenvalue weighted by Gasteiger charge is -2.06. The Labute approximate surface area is 83.1 Å². The number of nitrogens with two attached hydrogens (primary N) is 1. The predicted molar refractivity (Wildman–Crippen MR) is 54.5 cm³/mol. The average molecular weight is 186 g/mol. The zero-order chi connectivity index (χ0) is 10.4. The summed E-state index contributed by atoms with van der Waals surface area (Å²) in [6.45, 7) is 0.437. The molecule has 0 amide bonds. The van der Waals surface area contributed by atoms with Gasteiger partial charge in [-0.3, -0.25) is 0 Å². The lowest BCUT2D eigenvalue weighted by atomic mass is 10.2. The zero-order valence-electron chi connectivity index (χ0n) is 7.66. The van der Waals surface area contributed by atoms with Crippen molar-refractivity contribution in [2.45, 2.75) is 6.42 Å². The Morgan fingerprint density at radius 2 is 2.29 bits per heavy atom. The van der Waals surface area contributed by atoms with Gasteiger partial charge in [-0.05, 0) is 18.2 Å². The normalized spacial score (nSPS) is 8.71. The number of hydrogen-bond acceptors (Lipinski definition) is 3. The highest BCUT2D eigenvalue weighted by molar-refractivity contribution is 5.56. The van der Waals surface area contributed by atoms with Gasteiger partial charge in [0.25, 0.3) is 0 Å². The third-order valence-electron chi connectivity index (χ3n) is 1.64. The Morgan fingerprint density at radius 1 is 1.50 bits per heavy atom. The lowest BCUT2D eigenvalue weighted by Crippen LogP contribution is -1.99. The summed E-state index contributed by atoms with van der Waals surface area (Å²) in [7, 11) is 0. The van der Waals surface area contributed by atoms with Crippen molar-refractivity contribution < 1.29 is 4.74 Å². The fraction of sp³-hybridized carbons (Fsp3) is 0.182. The molecule has 0 aliphatic rings. The highest BCUT2D eigenvalue weighted by Crippen LogP contribution is 2.22. The van der Waals surface area contributed by atoms with Gasteiger partial charge in [-0.1, -0.05) is 0 Å². The predicted octanol–water partition coefficient (Wildman–Crippen LogP) is 1.54. The second kappa shape index (κ2) is 4.79. The van der Waals surface area contributed by atoms with E-state index in [1.165, 1.54) is 0 Å². The summed E-state index contributed by atoms with van der Waals surface area (Å²) < 4.78 is 5.30. The molecule has 1 rings (SSSR count). The molecule has 0 aliphatic carbocycles. The van der Waals surface area contributed by atoms with Crippen molar-refractivity contribution in [3.05, 3.63) is 23.8 Å². The van der Waals surface area contributed by atoms with Gasteiger partial charge in [-0.25, -0.2) is 0 Å². The minimum absolute atomic E-state index is 0.437. The summed E-state index contributed by atoms with van der Waals surface area (Å²) in [5, 5.41) is 8.59. The molecule has 14 heavy (non-hydrogen) atoms. The minimum atomic E-state index is 0.437. The van der Waals surface area contributed by atoms with Crippen LogP contribution in [-0.4, -0.2) is 6.61 Å². The van der Waals surface area contributed by atoms with E-state index in [0.717, 1.165) is 0 Å². The van der Waals surface area contributed by atoms with Crippen LogP contribution in [-0.2, 0) is 0 Å². The number of hydrogen-bond donors (Lipinski definition) is 1. The van der Waals surface area contributed by atoms with Crippen molar-refractivity contribution in [1.82, 2.24) is 0 Å². The number of terminal acetylenes is 1. The molecule has 1 aromatic rings. The van der Waals surface area contributed by atoms with Crippen molar-refractivity contribution in [2.24, 2.45) is 0 Å². The van der Waals surface area contributed by atoms with Gasteiger partial charge < -0.3 is 10.5 Å². The number of benzene rings is 1. The van der Waals surface area contributed by atoms with Crippen LogP contribution < -0.4 is 10.5 Å². The van der Waals surface area contributed by atoms with Crippen LogP contribution in [0.15, 0.2) is 18.2 Å². The summed E-state index contributed by atoms with van der Waals surface area (Å²) in [5.41, 5.74) is 6.63. The first-order valence-corrected chi connectivity index (χ1v) is 4.14. The van der Waals surface area contributed by atoms with E-state index in [1.807, 2.05) is 6.07 Å². The summed E-state index contributed by atoms with van der Waals surface area (Å²) in [5.74, 6) is 3.03. The van der Waals surface area contributed by atoms with Crippen LogP contribution in [0.25, 0.3) is 0 Å². The number of nitrogen functional groups attached to an aromatic ring is 1. The smallest absolute Gasteiger partial charge is 0.142 e. The molecular weight excluding hydrogens is 176 g/mol. The van der Waals surface area contributed by atoms with E-state index in [-0.39, 0.29) is 0 Å². The Hall–Kier alpha value is -2.13. The van der Waals surface area contributed by atoms with Crippen molar-refractivity contribution in [3.63, 3.8) is 0 Å². The molecule has 0 atom stereocenters. The van der Waals surface area contributed by atoms with Gasteiger partial charge in [-0.2, -0.15) is 5.26 Å². The molecule has 0 radical (unpaired) electrons. The van der Waals surface area contributed by atoms with Crippen LogP contribution in [0.1, 0.15) is 12.0 Å². The van der Waals surface area contributed by atoms with Gasteiger partial charge in [-0.15, -0.1) is 12.3 Å². The average Bonchev–Trinajstić information content (AvgIpc) is 2.20. The molecule has 0 aromatic heterocycles. The molecule has 3 heteroatoms. The lowest BCUT2D eigenvalue weighted by molar-refractivity contribution is 0.329. The van der Waals surface area contributed by atoms with Gasteiger partial charge in [0.2, 0.25) is 0 Å². The third kappa shape index (κ3) is 2.43. The van der Waals surface area contributed by atoms with E-state index in [4.69, 9.17) is 22.2 Å². The Morgan fingerprint density at radius 3 is 2.86 bits per heavy atom. The summed E-state index contributed by atoms with van der Waals surface area (Å²) in [6.07, 6.45) is 5.61. The van der Waals surface area contributed by atoms with E-state index in [1.54, 1.807) is 18.2 Å². The van der Waals surface area contributed by atoms with Gasteiger partial charge in [0.15, 0.2) is 0 Å². The molecule has 1 aromatic carbocycles. The van der Waals surface area contributed by atoms with Crippen LogP contribution in [0.4, 0.5) is 5.69 Å². The number of nitriles is 1. The van der Waals surface area contributed by atoms with Crippen LogP contribution in [0, 0.1) is 23.7 Å². The van der Waals surface area contributed by atoms with E-state index >= 15 is 0 Å². The van der Waals surface area contributed by atoms with Gasteiger partial charge in [0.1, 0.15) is 5.75 Å². The van der Waals surface area contributed by atoms with E-state index in [2.05, 4.69) is 5.92 Å². The van der Waals surface area contributed by atoms with Gasteiger partial charge in [0, 0.05) is 6.42 Å². The number of anilines is 1. The maximum absolute atomic E-state index is 8.59. The van der Waals surface area contributed by atoms with Crippen LogP contribution in [0.2, 0.25) is 0 Å². The fourth-order valence-corrected chi connectivity index (χ4v) is 0.969. The first kappa shape index (κ1) is 9.95. The molecule has 2 N–H and O–H groups in total. The van der Waals surface area contributed by atoms with E-state index in [9.17, 15) is 0 Å². The maximum Gasteiger partial charge on any atom is 0.142 e. The van der Waals surface area contributed by atoms with E-state index < -0.39 is 0 Å². The quantitative estimate of drug-likeness (QED) is 0.442. The molecule has 0 saturated carbocycles.